The fourth-order valence-electron chi connectivity index (χ4n) is 3.14. The molecule has 0 aromatic heterocycles. The van der Waals surface area contributed by atoms with E-state index in [1.165, 1.54) is 32.1 Å². The predicted octanol–water partition coefficient (Wildman–Crippen LogP) is 2.41. The second-order valence-electron chi connectivity index (χ2n) is 5.98. The molecular weight excluding hydrogens is 224 g/mol. The minimum atomic E-state index is 0.0868. The number of likely N-dealkylation sites (N-methyl/N-ethyl adjacent to an activating group) is 1. The van der Waals surface area contributed by atoms with Gasteiger partial charge in [-0.25, -0.2) is 0 Å². The summed E-state index contributed by atoms with van der Waals surface area (Å²) in [6.07, 6.45) is 7.47. The number of hydrogen-bond acceptors (Lipinski definition) is 2. The molecule has 104 valence electrons. The Hall–Kier alpha value is -0.570. The van der Waals surface area contributed by atoms with Crippen LogP contribution in [0.25, 0.3) is 0 Å². The fraction of sp³-hybridized carbons (Fsp3) is 0.933. The van der Waals surface area contributed by atoms with Crippen LogP contribution in [-0.4, -0.2) is 36.5 Å². The Labute approximate surface area is 111 Å². The first-order valence-electron chi connectivity index (χ1n) is 7.76. The highest BCUT2D eigenvalue weighted by Gasteiger charge is 2.30. The van der Waals surface area contributed by atoms with E-state index in [0.717, 1.165) is 37.9 Å². The van der Waals surface area contributed by atoms with Crippen LogP contribution in [0.3, 0.4) is 0 Å². The van der Waals surface area contributed by atoms with Gasteiger partial charge >= 0.3 is 0 Å². The standard InChI is InChI=1S/C15H28N2O/c1-3-12-8-9-16-14(10-12)15(18)17(4-2)11-13-6-5-7-13/h12-14,16H,3-11H2,1-2H3. The van der Waals surface area contributed by atoms with Crippen LogP contribution in [0.5, 0.6) is 0 Å². The zero-order valence-corrected chi connectivity index (χ0v) is 12.0. The molecule has 2 fully saturated rings. The molecule has 2 unspecified atom stereocenters. The highest BCUT2D eigenvalue weighted by molar-refractivity contribution is 5.82. The van der Waals surface area contributed by atoms with E-state index in [4.69, 9.17) is 0 Å². The molecule has 1 heterocycles. The average Bonchev–Trinajstić information content (AvgIpc) is 2.37. The molecule has 0 aromatic rings. The summed E-state index contributed by atoms with van der Waals surface area (Å²) in [5.41, 5.74) is 0. The van der Waals surface area contributed by atoms with Gasteiger partial charge in [-0.2, -0.15) is 0 Å². The lowest BCUT2D eigenvalue weighted by atomic mass is 9.84. The van der Waals surface area contributed by atoms with Crippen molar-refractivity contribution in [2.24, 2.45) is 11.8 Å². The number of hydrogen-bond donors (Lipinski definition) is 1. The highest BCUT2D eigenvalue weighted by atomic mass is 16.2. The van der Waals surface area contributed by atoms with Crippen LogP contribution in [0.15, 0.2) is 0 Å². The Balaban J connectivity index is 1.86. The van der Waals surface area contributed by atoms with Gasteiger partial charge in [0.25, 0.3) is 0 Å². The van der Waals surface area contributed by atoms with Crippen LogP contribution >= 0.6 is 0 Å². The number of nitrogens with one attached hydrogen (secondary N) is 1. The maximum Gasteiger partial charge on any atom is 0.239 e. The van der Waals surface area contributed by atoms with E-state index >= 15 is 0 Å². The van der Waals surface area contributed by atoms with Crippen molar-refractivity contribution in [3.63, 3.8) is 0 Å². The van der Waals surface area contributed by atoms with Gasteiger partial charge in [0, 0.05) is 13.1 Å². The molecule has 0 radical (unpaired) electrons. The second-order valence-corrected chi connectivity index (χ2v) is 5.98. The molecule has 0 aromatic carbocycles. The Bertz CT molecular complexity index is 270. The van der Waals surface area contributed by atoms with E-state index in [0.29, 0.717) is 5.91 Å². The van der Waals surface area contributed by atoms with Crippen LogP contribution in [0.1, 0.15) is 52.4 Å². The number of nitrogens with zero attached hydrogens (tertiary/aromatic N) is 1. The molecule has 1 saturated heterocycles. The second kappa shape index (κ2) is 6.55. The maximum absolute atomic E-state index is 12.5. The quantitative estimate of drug-likeness (QED) is 0.815. The Morgan fingerprint density at radius 1 is 1.22 bits per heavy atom. The number of amides is 1. The van der Waals surface area contributed by atoms with Crippen molar-refractivity contribution < 1.29 is 4.79 Å². The topological polar surface area (TPSA) is 32.3 Å². The lowest BCUT2D eigenvalue weighted by Crippen LogP contribution is -2.51. The minimum Gasteiger partial charge on any atom is -0.341 e. The van der Waals surface area contributed by atoms with Crippen molar-refractivity contribution in [2.45, 2.75) is 58.4 Å². The predicted molar refractivity (Wildman–Crippen MR) is 74.4 cm³/mol. The summed E-state index contributed by atoms with van der Waals surface area (Å²) in [5.74, 6) is 1.87. The van der Waals surface area contributed by atoms with Crippen molar-refractivity contribution in [3.8, 4) is 0 Å². The van der Waals surface area contributed by atoms with Crippen LogP contribution in [0.2, 0.25) is 0 Å². The smallest absolute Gasteiger partial charge is 0.239 e. The summed E-state index contributed by atoms with van der Waals surface area (Å²) in [6.45, 7) is 7.21. The normalized spacial score (nSPS) is 28.8. The fourth-order valence-corrected chi connectivity index (χ4v) is 3.14. The molecular formula is C15H28N2O. The summed E-state index contributed by atoms with van der Waals surface area (Å²) in [5, 5.41) is 3.42. The van der Waals surface area contributed by atoms with E-state index in [2.05, 4.69) is 24.1 Å². The third-order valence-electron chi connectivity index (χ3n) is 4.78. The Morgan fingerprint density at radius 2 is 2.00 bits per heavy atom. The summed E-state index contributed by atoms with van der Waals surface area (Å²) in [7, 11) is 0. The van der Waals surface area contributed by atoms with Gasteiger partial charge in [0.15, 0.2) is 0 Å². The number of rotatable bonds is 5. The van der Waals surface area contributed by atoms with Gasteiger partial charge in [-0.05, 0) is 51.0 Å². The van der Waals surface area contributed by atoms with Crippen molar-refractivity contribution in [3.05, 3.63) is 0 Å². The zero-order chi connectivity index (χ0) is 13.0. The lowest BCUT2D eigenvalue weighted by Gasteiger charge is -2.36. The molecule has 3 nitrogen and oxygen atoms in total. The van der Waals surface area contributed by atoms with E-state index in [1.54, 1.807) is 0 Å². The molecule has 18 heavy (non-hydrogen) atoms. The van der Waals surface area contributed by atoms with E-state index in [1.807, 2.05) is 0 Å². The highest BCUT2D eigenvalue weighted by Crippen LogP contribution is 2.28. The van der Waals surface area contributed by atoms with Crippen LogP contribution in [-0.2, 0) is 4.79 Å². The molecule has 3 heteroatoms. The molecule has 2 rings (SSSR count). The zero-order valence-electron chi connectivity index (χ0n) is 12.0. The monoisotopic (exact) mass is 252 g/mol. The SMILES string of the molecule is CCC1CCNC(C(=O)N(CC)CC2CCC2)C1. The van der Waals surface area contributed by atoms with Crippen molar-refractivity contribution in [1.82, 2.24) is 10.2 Å². The summed E-state index contributed by atoms with van der Waals surface area (Å²) in [4.78, 5) is 14.6. The molecule has 1 saturated carbocycles. The Morgan fingerprint density at radius 3 is 2.56 bits per heavy atom. The third kappa shape index (κ3) is 3.25. The van der Waals surface area contributed by atoms with Gasteiger partial charge in [-0.1, -0.05) is 19.8 Å². The van der Waals surface area contributed by atoms with Gasteiger partial charge in [-0.3, -0.25) is 4.79 Å². The van der Waals surface area contributed by atoms with Crippen molar-refractivity contribution in [2.75, 3.05) is 19.6 Å². The van der Waals surface area contributed by atoms with Crippen LogP contribution < -0.4 is 5.32 Å². The van der Waals surface area contributed by atoms with Crippen LogP contribution in [0, 0.1) is 11.8 Å². The van der Waals surface area contributed by atoms with Gasteiger partial charge < -0.3 is 10.2 Å². The summed E-state index contributed by atoms with van der Waals surface area (Å²) >= 11 is 0. The van der Waals surface area contributed by atoms with Gasteiger partial charge in [0.2, 0.25) is 5.91 Å². The number of carbonyl (C=O) groups excluding carboxylic acids is 1. The largest absolute Gasteiger partial charge is 0.341 e. The first-order valence-corrected chi connectivity index (χ1v) is 7.76. The third-order valence-corrected chi connectivity index (χ3v) is 4.78. The summed E-state index contributed by atoms with van der Waals surface area (Å²) < 4.78 is 0. The van der Waals surface area contributed by atoms with Gasteiger partial charge in [0.1, 0.15) is 0 Å². The van der Waals surface area contributed by atoms with Crippen LogP contribution in [0.4, 0.5) is 0 Å². The first-order chi connectivity index (χ1) is 8.74. The van der Waals surface area contributed by atoms with E-state index in [9.17, 15) is 4.79 Å². The van der Waals surface area contributed by atoms with Crippen molar-refractivity contribution in [1.29, 1.82) is 0 Å². The summed E-state index contributed by atoms with van der Waals surface area (Å²) in [6, 6.07) is 0.0868. The molecule has 0 spiro atoms. The van der Waals surface area contributed by atoms with Gasteiger partial charge in [-0.15, -0.1) is 0 Å². The van der Waals surface area contributed by atoms with Crippen molar-refractivity contribution >= 4 is 5.91 Å². The maximum atomic E-state index is 12.5. The molecule has 1 amide bonds. The van der Waals surface area contributed by atoms with E-state index in [-0.39, 0.29) is 6.04 Å². The Kier molecular flexibility index (Phi) is 5.04. The molecule has 2 atom stereocenters. The first kappa shape index (κ1) is 13.9. The number of piperidine rings is 1. The molecule has 1 aliphatic carbocycles. The molecule has 1 N–H and O–H groups in total. The average molecular weight is 252 g/mol. The minimum absolute atomic E-state index is 0.0868. The van der Waals surface area contributed by atoms with Gasteiger partial charge in [0.05, 0.1) is 6.04 Å². The number of carbonyl (C=O) groups is 1. The molecule has 2 aliphatic rings. The molecule has 1 aliphatic heterocycles. The lowest BCUT2D eigenvalue weighted by molar-refractivity contribution is -0.135. The van der Waals surface area contributed by atoms with E-state index < -0.39 is 0 Å². The molecule has 0 bridgehead atoms.